The number of hydrogen-bond acceptors (Lipinski definition) is 4. The van der Waals surface area contributed by atoms with E-state index in [1.807, 2.05) is 30.3 Å². The molecule has 19 heavy (non-hydrogen) atoms. The molecule has 1 heterocycles. The van der Waals surface area contributed by atoms with Gasteiger partial charge in [0.25, 0.3) is 10.0 Å². The third-order valence-corrected chi connectivity index (χ3v) is 5.05. The molecule has 6 nitrogen and oxygen atoms in total. The molecule has 0 aliphatic carbocycles. The van der Waals surface area contributed by atoms with E-state index in [0.29, 0.717) is 0 Å². The van der Waals surface area contributed by atoms with E-state index in [9.17, 15) is 8.42 Å². The van der Waals surface area contributed by atoms with Gasteiger partial charge in [-0.05, 0) is 28.4 Å². The largest absolute Gasteiger partial charge is 0.261 e. The van der Waals surface area contributed by atoms with Gasteiger partial charge in [-0.2, -0.15) is 0 Å². The van der Waals surface area contributed by atoms with Crippen molar-refractivity contribution >= 4 is 26.0 Å². The van der Waals surface area contributed by atoms with Crippen LogP contribution < -0.4 is 4.72 Å². The molecular formula is C11H13BrN4O2S. The van der Waals surface area contributed by atoms with E-state index in [0.717, 1.165) is 5.56 Å². The summed E-state index contributed by atoms with van der Waals surface area (Å²) in [4.78, 5) is 0. The molecule has 0 saturated heterocycles. The lowest BCUT2D eigenvalue weighted by Crippen LogP contribution is -2.28. The van der Waals surface area contributed by atoms with E-state index >= 15 is 0 Å². The molecule has 0 saturated carbocycles. The number of aromatic nitrogens is 3. The molecule has 8 heteroatoms. The van der Waals surface area contributed by atoms with Crippen molar-refractivity contribution in [1.29, 1.82) is 0 Å². The second-order valence-electron chi connectivity index (χ2n) is 4.06. The van der Waals surface area contributed by atoms with Crippen molar-refractivity contribution in [3.63, 3.8) is 0 Å². The van der Waals surface area contributed by atoms with Gasteiger partial charge in [0, 0.05) is 13.1 Å². The number of halogens is 1. The molecule has 2 rings (SSSR count). The second-order valence-corrected chi connectivity index (χ2v) is 6.44. The topological polar surface area (TPSA) is 76.9 Å². The van der Waals surface area contributed by atoms with Crippen LogP contribution in [0.3, 0.4) is 0 Å². The third kappa shape index (κ3) is 3.02. The van der Waals surface area contributed by atoms with E-state index in [1.54, 1.807) is 6.92 Å². The van der Waals surface area contributed by atoms with Gasteiger partial charge in [0.1, 0.15) is 0 Å². The zero-order valence-corrected chi connectivity index (χ0v) is 12.8. The summed E-state index contributed by atoms with van der Waals surface area (Å²) in [6.07, 6.45) is 0. The van der Waals surface area contributed by atoms with Crippen molar-refractivity contribution in [2.75, 3.05) is 0 Å². The molecule has 1 aromatic heterocycles. The molecule has 1 aromatic carbocycles. The zero-order chi connectivity index (χ0) is 14.0. The van der Waals surface area contributed by atoms with Gasteiger partial charge in [0.2, 0.25) is 5.03 Å². The monoisotopic (exact) mass is 344 g/mol. The molecular weight excluding hydrogens is 332 g/mol. The lowest BCUT2D eigenvalue weighted by Gasteiger charge is -2.14. The number of benzene rings is 1. The summed E-state index contributed by atoms with van der Waals surface area (Å²) in [5, 5.41) is 7.35. The van der Waals surface area contributed by atoms with Crippen LogP contribution >= 0.6 is 15.9 Å². The van der Waals surface area contributed by atoms with Gasteiger partial charge >= 0.3 is 0 Å². The van der Waals surface area contributed by atoms with Crippen LogP contribution in [0.5, 0.6) is 0 Å². The zero-order valence-electron chi connectivity index (χ0n) is 10.4. The van der Waals surface area contributed by atoms with E-state index in [-0.39, 0.29) is 15.7 Å². The first kappa shape index (κ1) is 14.2. The van der Waals surface area contributed by atoms with Crippen LogP contribution in [0.25, 0.3) is 0 Å². The van der Waals surface area contributed by atoms with Gasteiger partial charge in [-0.3, -0.25) is 0 Å². The van der Waals surface area contributed by atoms with E-state index in [4.69, 9.17) is 0 Å². The Hall–Kier alpha value is -1.25. The first-order valence-corrected chi connectivity index (χ1v) is 7.82. The first-order valence-electron chi connectivity index (χ1n) is 5.54. The Morgan fingerprint density at radius 1 is 1.32 bits per heavy atom. The summed E-state index contributed by atoms with van der Waals surface area (Å²) in [5.74, 6) is 0. The van der Waals surface area contributed by atoms with E-state index in [1.165, 1.54) is 11.7 Å². The standard InChI is InChI=1S/C11H13BrN4O2S/c1-8(9-6-4-3-5-7-9)14-19(17,18)11-10(12)13-15-16(11)2/h3-8,14H,1-2H3. The molecule has 1 unspecified atom stereocenters. The van der Waals surface area contributed by atoms with Crippen molar-refractivity contribution in [2.45, 2.75) is 18.0 Å². The van der Waals surface area contributed by atoms with Crippen LogP contribution in [-0.2, 0) is 17.1 Å². The number of nitrogens with zero attached hydrogens (tertiary/aromatic N) is 3. The van der Waals surface area contributed by atoms with Crippen molar-refractivity contribution in [3.8, 4) is 0 Å². The SMILES string of the molecule is CC(NS(=O)(=O)c1c(Br)nnn1C)c1ccccc1. The van der Waals surface area contributed by atoms with Gasteiger partial charge in [0.15, 0.2) is 4.60 Å². The maximum Gasteiger partial charge on any atom is 0.261 e. The highest BCUT2D eigenvalue weighted by atomic mass is 79.9. The maximum atomic E-state index is 12.3. The molecule has 0 spiro atoms. The summed E-state index contributed by atoms with van der Waals surface area (Å²) < 4.78 is 28.6. The minimum atomic E-state index is -3.68. The molecule has 0 amide bonds. The van der Waals surface area contributed by atoms with E-state index in [2.05, 4.69) is 31.0 Å². The second kappa shape index (κ2) is 5.40. The molecule has 1 N–H and O–H groups in total. The number of rotatable bonds is 4. The normalized spacial score (nSPS) is 13.4. The van der Waals surface area contributed by atoms with Crippen molar-refractivity contribution in [3.05, 3.63) is 40.5 Å². The summed E-state index contributed by atoms with van der Waals surface area (Å²) in [6, 6.07) is 9.00. The van der Waals surface area contributed by atoms with Crippen LogP contribution in [0.15, 0.2) is 40.0 Å². The van der Waals surface area contributed by atoms with Crippen LogP contribution in [0, 0.1) is 0 Å². The molecule has 0 aliphatic rings. The molecule has 0 aliphatic heterocycles. The Morgan fingerprint density at radius 2 is 1.95 bits per heavy atom. The lowest BCUT2D eigenvalue weighted by molar-refractivity contribution is 0.548. The number of aryl methyl sites for hydroxylation is 1. The summed E-state index contributed by atoms with van der Waals surface area (Å²) in [5.41, 5.74) is 0.886. The minimum Gasteiger partial charge on any atom is -0.235 e. The van der Waals surface area contributed by atoms with Crippen LogP contribution in [-0.4, -0.2) is 23.4 Å². The molecule has 0 bridgehead atoms. The van der Waals surface area contributed by atoms with Crippen LogP contribution in [0.4, 0.5) is 0 Å². The fraction of sp³-hybridized carbons (Fsp3) is 0.273. The average molecular weight is 345 g/mol. The third-order valence-electron chi connectivity index (χ3n) is 2.62. The Labute approximate surface area is 120 Å². The van der Waals surface area contributed by atoms with Crippen molar-refractivity contribution in [2.24, 2.45) is 7.05 Å². The van der Waals surface area contributed by atoms with Gasteiger partial charge in [-0.25, -0.2) is 17.8 Å². The Balaban J connectivity index is 2.28. The minimum absolute atomic E-state index is 0.00952. The molecule has 0 radical (unpaired) electrons. The Morgan fingerprint density at radius 3 is 2.47 bits per heavy atom. The maximum absolute atomic E-state index is 12.3. The Kier molecular flexibility index (Phi) is 4.02. The van der Waals surface area contributed by atoms with Crippen LogP contribution in [0.2, 0.25) is 0 Å². The lowest BCUT2D eigenvalue weighted by atomic mass is 10.1. The number of nitrogens with one attached hydrogen (secondary N) is 1. The van der Waals surface area contributed by atoms with Gasteiger partial charge in [-0.15, -0.1) is 5.10 Å². The predicted octanol–water partition coefficient (Wildman–Crippen LogP) is 1.62. The molecule has 102 valence electrons. The average Bonchev–Trinajstić information content (AvgIpc) is 2.70. The number of hydrogen-bond donors (Lipinski definition) is 1. The van der Waals surface area contributed by atoms with E-state index < -0.39 is 10.0 Å². The first-order chi connectivity index (χ1) is 8.92. The summed E-state index contributed by atoms with van der Waals surface area (Å²) >= 11 is 3.09. The highest BCUT2D eigenvalue weighted by Crippen LogP contribution is 2.21. The smallest absolute Gasteiger partial charge is 0.235 e. The number of sulfonamides is 1. The molecule has 2 aromatic rings. The summed E-state index contributed by atoms with van der Waals surface area (Å²) in [7, 11) is -2.16. The molecule has 0 fully saturated rings. The highest BCUT2D eigenvalue weighted by Gasteiger charge is 2.25. The van der Waals surface area contributed by atoms with Gasteiger partial charge < -0.3 is 0 Å². The highest BCUT2D eigenvalue weighted by molar-refractivity contribution is 9.10. The van der Waals surface area contributed by atoms with Gasteiger partial charge in [0.05, 0.1) is 0 Å². The molecule has 1 atom stereocenters. The fourth-order valence-electron chi connectivity index (χ4n) is 1.71. The quantitative estimate of drug-likeness (QED) is 0.914. The van der Waals surface area contributed by atoms with Gasteiger partial charge in [-0.1, -0.05) is 35.5 Å². The van der Waals surface area contributed by atoms with Crippen molar-refractivity contribution in [1.82, 2.24) is 19.7 Å². The predicted molar refractivity (Wildman–Crippen MR) is 73.9 cm³/mol. The summed E-state index contributed by atoms with van der Waals surface area (Å²) in [6.45, 7) is 1.78. The van der Waals surface area contributed by atoms with Crippen molar-refractivity contribution < 1.29 is 8.42 Å². The van der Waals surface area contributed by atoms with Crippen LogP contribution in [0.1, 0.15) is 18.5 Å². The Bertz CT molecular complexity index is 650. The fourth-order valence-corrected chi connectivity index (χ4v) is 4.03.